The number of hydrogen-bond donors (Lipinski definition) is 2. The van der Waals surface area contributed by atoms with Crippen LogP contribution in [0.4, 0.5) is 11.5 Å². The summed E-state index contributed by atoms with van der Waals surface area (Å²) in [5.74, 6) is 1.24. The van der Waals surface area contributed by atoms with Crippen molar-refractivity contribution in [3.63, 3.8) is 0 Å². The van der Waals surface area contributed by atoms with Crippen LogP contribution in [0.1, 0.15) is 36.7 Å². The molecule has 3 N–H and O–H groups in total. The Morgan fingerprint density at radius 1 is 1.55 bits per heavy atom. The van der Waals surface area contributed by atoms with Crippen molar-refractivity contribution in [3.05, 3.63) is 17.8 Å². The van der Waals surface area contributed by atoms with Crippen molar-refractivity contribution < 1.29 is 9.53 Å². The molecule has 0 saturated heterocycles. The predicted octanol–water partition coefficient (Wildman–Crippen LogP) is 2.54. The van der Waals surface area contributed by atoms with Crippen molar-refractivity contribution in [1.82, 2.24) is 4.98 Å². The molecule has 0 aliphatic heterocycles. The summed E-state index contributed by atoms with van der Waals surface area (Å²) in [6, 6.07) is 3.64. The summed E-state index contributed by atoms with van der Waals surface area (Å²) in [6.07, 6.45) is 3.54. The van der Waals surface area contributed by atoms with Gasteiger partial charge in [0.2, 0.25) is 0 Å². The number of nitrogens with one attached hydrogen (secondary N) is 1. The molecule has 6 heteroatoms. The highest BCUT2D eigenvalue weighted by atomic mass is 32.2. The Bertz CT molecular complexity index is 481. The lowest BCUT2D eigenvalue weighted by molar-refractivity contribution is 0.0594. The third kappa shape index (κ3) is 3.36. The number of nitrogens with two attached hydrogens (primary N) is 1. The molecule has 1 saturated carbocycles. The lowest BCUT2D eigenvalue weighted by Gasteiger charge is -2.21. The van der Waals surface area contributed by atoms with Crippen LogP contribution in [0.3, 0.4) is 0 Å². The predicted molar refractivity (Wildman–Crippen MR) is 83.2 cm³/mol. The average Bonchev–Trinajstić information content (AvgIpc) is 2.88. The zero-order valence-electron chi connectivity index (χ0n) is 11.9. The minimum atomic E-state index is -0.445. The van der Waals surface area contributed by atoms with E-state index in [1.165, 1.54) is 20.0 Å². The third-order valence-electron chi connectivity index (χ3n) is 3.48. The summed E-state index contributed by atoms with van der Waals surface area (Å²) in [6.45, 7) is 2.17. The van der Waals surface area contributed by atoms with Crippen molar-refractivity contribution in [2.24, 2.45) is 0 Å². The summed E-state index contributed by atoms with van der Waals surface area (Å²) in [5.41, 5.74) is 6.78. The number of nitrogens with zero attached hydrogens (tertiary/aromatic N) is 1. The van der Waals surface area contributed by atoms with Gasteiger partial charge in [-0.15, -0.1) is 0 Å². The Morgan fingerprint density at radius 2 is 2.35 bits per heavy atom. The average molecular weight is 295 g/mol. The Balaban J connectivity index is 2.13. The molecule has 1 heterocycles. The minimum absolute atomic E-state index is 0.280. The van der Waals surface area contributed by atoms with Gasteiger partial charge in [0.05, 0.1) is 12.8 Å². The SMILES string of the molecule is CCSC1CCCC1Nc1nc(C(=O)OC)ccc1N. The number of rotatable bonds is 5. The Hall–Kier alpha value is -1.43. The van der Waals surface area contributed by atoms with Crippen LogP contribution in [0, 0.1) is 0 Å². The molecule has 1 aromatic heterocycles. The molecule has 1 fully saturated rings. The zero-order chi connectivity index (χ0) is 14.5. The number of anilines is 2. The molecule has 2 atom stereocenters. The molecule has 2 rings (SSSR count). The van der Waals surface area contributed by atoms with E-state index in [0.29, 0.717) is 22.8 Å². The van der Waals surface area contributed by atoms with Gasteiger partial charge in [-0.25, -0.2) is 9.78 Å². The fourth-order valence-electron chi connectivity index (χ4n) is 2.48. The smallest absolute Gasteiger partial charge is 0.356 e. The summed E-state index contributed by atoms with van der Waals surface area (Å²) in [4.78, 5) is 15.8. The number of nitrogen functional groups attached to an aromatic ring is 1. The van der Waals surface area contributed by atoms with Gasteiger partial charge >= 0.3 is 5.97 Å². The lowest BCUT2D eigenvalue weighted by Crippen LogP contribution is -2.27. The standard InChI is InChI=1S/C14H21N3O2S/c1-3-20-12-6-4-5-10(12)16-13-9(15)7-8-11(17-13)14(18)19-2/h7-8,10,12H,3-6,15H2,1-2H3,(H,16,17). The van der Waals surface area contributed by atoms with Gasteiger partial charge in [-0.2, -0.15) is 11.8 Å². The van der Waals surface area contributed by atoms with Crippen LogP contribution in [-0.2, 0) is 4.74 Å². The van der Waals surface area contributed by atoms with E-state index < -0.39 is 5.97 Å². The maximum Gasteiger partial charge on any atom is 0.356 e. The van der Waals surface area contributed by atoms with E-state index in [1.807, 2.05) is 11.8 Å². The fraction of sp³-hybridized carbons (Fsp3) is 0.571. The molecule has 2 unspecified atom stereocenters. The second-order valence-corrected chi connectivity index (χ2v) is 6.32. The number of pyridine rings is 1. The Kier molecular flexibility index (Phi) is 5.11. The highest BCUT2D eigenvalue weighted by Crippen LogP contribution is 2.32. The van der Waals surface area contributed by atoms with Crippen molar-refractivity contribution in [2.45, 2.75) is 37.5 Å². The first kappa shape index (κ1) is 15.0. The van der Waals surface area contributed by atoms with E-state index in [-0.39, 0.29) is 5.69 Å². The molecule has 1 aromatic rings. The third-order valence-corrected chi connectivity index (χ3v) is 4.80. The zero-order valence-corrected chi connectivity index (χ0v) is 12.7. The van der Waals surface area contributed by atoms with Gasteiger partial charge in [-0.3, -0.25) is 0 Å². The van der Waals surface area contributed by atoms with E-state index in [9.17, 15) is 4.79 Å². The number of ether oxygens (including phenoxy) is 1. The van der Waals surface area contributed by atoms with Crippen LogP contribution in [0.5, 0.6) is 0 Å². The summed E-state index contributed by atoms with van der Waals surface area (Å²) >= 11 is 1.96. The molecule has 0 aromatic carbocycles. The van der Waals surface area contributed by atoms with Crippen LogP contribution in [0.15, 0.2) is 12.1 Å². The number of thioether (sulfide) groups is 1. The first-order valence-corrected chi connectivity index (χ1v) is 7.93. The topological polar surface area (TPSA) is 77.2 Å². The van der Waals surface area contributed by atoms with Crippen LogP contribution < -0.4 is 11.1 Å². The van der Waals surface area contributed by atoms with Crippen LogP contribution in [-0.4, -0.2) is 35.1 Å². The number of hydrogen-bond acceptors (Lipinski definition) is 6. The lowest BCUT2D eigenvalue weighted by atomic mass is 10.2. The van der Waals surface area contributed by atoms with E-state index in [2.05, 4.69) is 22.0 Å². The molecule has 0 bridgehead atoms. The van der Waals surface area contributed by atoms with Crippen molar-refractivity contribution in [3.8, 4) is 0 Å². The molecule has 20 heavy (non-hydrogen) atoms. The number of aromatic nitrogens is 1. The highest BCUT2D eigenvalue weighted by Gasteiger charge is 2.28. The van der Waals surface area contributed by atoms with Crippen molar-refractivity contribution >= 4 is 29.2 Å². The monoisotopic (exact) mass is 295 g/mol. The van der Waals surface area contributed by atoms with Crippen LogP contribution in [0.2, 0.25) is 0 Å². The van der Waals surface area contributed by atoms with E-state index in [0.717, 1.165) is 12.2 Å². The second kappa shape index (κ2) is 6.83. The minimum Gasteiger partial charge on any atom is -0.464 e. The quantitative estimate of drug-likeness (QED) is 0.813. The second-order valence-electron chi connectivity index (χ2n) is 4.80. The summed E-state index contributed by atoms with van der Waals surface area (Å²) < 4.78 is 4.69. The van der Waals surface area contributed by atoms with Crippen molar-refractivity contribution in [1.29, 1.82) is 0 Å². The Labute approximate surface area is 123 Å². The van der Waals surface area contributed by atoms with Crippen LogP contribution >= 0.6 is 11.8 Å². The molecule has 110 valence electrons. The first-order chi connectivity index (χ1) is 9.65. The Morgan fingerprint density at radius 3 is 3.05 bits per heavy atom. The summed E-state index contributed by atoms with van der Waals surface area (Å²) in [7, 11) is 1.35. The van der Waals surface area contributed by atoms with Crippen molar-refractivity contribution in [2.75, 3.05) is 23.9 Å². The molecule has 5 nitrogen and oxygen atoms in total. The maximum atomic E-state index is 11.5. The largest absolute Gasteiger partial charge is 0.464 e. The van der Waals surface area contributed by atoms with E-state index in [1.54, 1.807) is 12.1 Å². The van der Waals surface area contributed by atoms with Gasteiger partial charge in [0.1, 0.15) is 5.82 Å². The molecule has 0 amide bonds. The molecule has 0 radical (unpaired) electrons. The number of methoxy groups -OCH3 is 1. The molecule has 1 aliphatic carbocycles. The van der Waals surface area contributed by atoms with E-state index in [4.69, 9.17) is 5.73 Å². The van der Waals surface area contributed by atoms with E-state index >= 15 is 0 Å². The number of carbonyl (C=O) groups is 1. The van der Waals surface area contributed by atoms with Crippen LogP contribution in [0.25, 0.3) is 0 Å². The maximum absolute atomic E-state index is 11.5. The summed E-state index contributed by atoms with van der Waals surface area (Å²) in [5, 5.41) is 3.98. The van der Waals surface area contributed by atoms with Gasteiger partial charge in [0, 0.05) is 11.3 Å². The molecular formula is C14H21N3O2S. The van der Waals surface area contributed by atoms with Gasteiger partial charge in [0.25, 0.3) is 0 Å². The molecule has 0 spiro atoms. The molecular weight excluding hydrogens is 274 g/mol. The van der Waals surface area contributed by atoms with Gasteiger partial charge in [-0.05, 0) is 30.7 Å². The normalized spacial score (nSPS) is 21.7. The molecule has 1 aliphatic rings. The highest BCUT2D eigenvalue weighted by molar-refractivity contribution is 7.99. The van der Waals surface area contributed by atoms with Gasteiger partial charge in [-0.1, -0.05) is 13.3 Å². The first-order valence-electron chi connectivity index (χ1n) is 6.88. The fourth-order valence-corrected chi connectivity index (χ4v) is 3.68. The van der Waals surface area contributed by atoms with Gasteiger partial charge in [0.15, 0.2) is 5.69 Å². The number of carbonyl (C=O) groups excluding carboxylic acids is 1. The number of esters is 1. The van der Waals surface area contributed by atoms with Gasteiger partial charge < -0.3 is 15.8 Å².